The van der Waals surface area contributed by atoms with Crippen molar-refractivity contribution in [2.24, 2.45) is 5.92 Å². The average molecular weight is 323 g/mol. The number of amides is 3. The number of carbonyl (C=O) groups is 3. The maximum Gasteiger partial charge on any atom is 0.251 e. The fraction of sp³-hybridized carbons (Fsp3) is 0.562. The van der Waals surface area contributed by atoms with Crippen molar-refractivity contribution in [1.82, 2.24) is 15.5 Å². The van der Waals surface area contributed by atoms with E-state index in [1.807, 2.05) is 13.8 Å². The molecule has 1 aliphatic rings. The van der Waals surface area contributed by atoms with E-state index in [2.05, 4.69) is 17.2 Å². The molecule has 0 saturated heterocycles. The molecule has 0 spiro atoms. The Morgan fingerprint density at radius 3 is 2.43 bits per heavy atom. The van der Waals surface area contributed by atoms with Crippen LogP contribution in [0.15, 0.2) is 24.4 Å². The van der Waals surface area contributed by atoms with Gasteiger partial charge in [0, 0.05) is 43.7 Å². The van der Waals surface area contributed by atoms with E-state index >= 15 is 0 Å². The summed E-state index contributed by atoms with van der Waals surface area (Å²) in [6.07, 6.45) is 3.29. The van der Waals surface area contributed by atoms with Gasteiger partial charge in [-0.2, -0.15) is 0 Å². The molecule has 0 aromatic rings. The molecule has 0 bridgehead atoms. The Bertz CT molecular complexity index is 468. The summed E-state index contributed by atoms with van der Waals surface area (Å²) in [5.41, 5.74) is 0.606. The second-order valence-electron chi connectivity index (χ2n) is 5.47. The van der Waals surface area contributed by atoms with Crippen molar-refractivity contribution in [3.05, 3.63) is 24.4 Å². The van der Waals surface area contributed by atoms with Crippen LogP contribution in [-0.4, -0.2) is 55.5 Å². The standard InChI is InChI=1S/C16H25N3O4/c1-12(2)16(22)18-8-11-23-10-7-17-14(20)6-9-19-13(3)4-5-15(19)21/h4-5,12H,3,6-11H2,1-2H3,(H,17,20)(H,18,22). The van der Waals surface area contributed by atoms with Crippen molar-refractivity contribution in [2.75, 3.05) is 32.8 Å². The molecule has 0 aromatic heterocycles. The third kappa shape index (κ3) is 7.10. The number of nitrogens with one attached hydrogen (secondary N) is 2. The largest absolute Gasteiger partial charge is 0.378 e. The minimum atomic E-state index is -0.144. The first-order chi connectivity index (χ1) is 10.9. The molecule has 0 fully saturated rings. The van der Waals surface area contributed by atoms with Crippen molar-refractivity contribution in [1.29, 1.82) is 0 Å². The van der Waals surface area contributed by atoms with Crippen LogP contribution in [0.25, 0.3) is 0 Å². The van der Waals surface area contributed by atoms with Gasteiger partial charge in [-0.1, -0.05) is 20.4 Å². The van der Waals surface area contributed by atoms with Crippen LogP contribution < -0.4 is 10.6 Å². The Balaban J connectivity index is 1.99. The maximum absolute atomic E-state index is 11.7. The van der Waals surface area contributed by atoms with Gasteiger partial charge >= 0.3 is 0 Å². The molecule has 0 radical (unpaired) electrons. The Labute approximate surface area is 136 Å². The smallest absolute Gasteiger partial charge is 0.251 e. The molecule has 0 aliphatic carbocycles. The van der Waals surface area contributed by atoms with Gasteiger partial charge in [0.15, 0.2) is 0 Å². The number of nitrogens with zero attached hydrogens (tertiary/aromatic N) is 1. The summed E-state index contributed by atoms with van der Waals surface area (Å²) in [6, 6.07) is 0. The van der Waals surface area contributed by atoms with E-state index in [4.69, 9.17) is 4.74 Å². The third-order valence-electron chi connectivity index (χ3n) is 3.23. The molecule has 0 unspecified atom stereocenters. The Kier molecular flexibility index (Phi) is 8.04. The van der Waals surface area contributed by atoms with Gasteiger partial charge in [-0.15, -0.1) is 0 Å². The lowest BCUT2D eigenvalue weighted by atomic mass is 10.2. The van der Waals surface area contributed by atoms with Crippen LogP contribution in [0, 0.1) is 5.92 Å². The average Bonchev–Trinajstić information content (AvgIpc) is 2.82. The van der Waals surface area contributed by atoms with Gasteiger partial charge in [-0.25, -0.2) is 0 Å². The molecule has 0 aromatic carbocycles. The SMILES string of the molecule is C=C1C=CC(=O)N1CCC(=O)NCCOCCNC(=O)C(C)C. The molecule has 1 rings (SSSR count). The third-order valence-corrected chi connectivity index (χ3v) is 3.23. The maximum atomic E-state index is 11.7. The molecule has 1 aliphatic heterocycles. The highest BCUT2D eigenvalue weighted by Crippen LogP contribution is 2.12. The number of carbonyl (C=O) groups excluding carboxylic acids is 3. The zero-order valence-electron chi connectivity index (χ0n) is 13.8. The quantitative estimate of drug-likeness (QED) is 0.562. The lowest BCUT2D eigenvalue weighted by Crippen LogP contribution is -2.33. The van der Waals surface area contributed by atoms with Crippen molar-refractivity contribution >= 4 is 17.7 Å². The molecule has 2 N–H and O–H groups in total. The van der Waals surface area contributed by atoms with Crippen molar-refractivity contribution in [3.63, 3.8) is 0 Å². The predicted octanol–water partition coefficient (Wildman–Crippen LogP) is 0.194. The first-order valence-corrected chi connectivity index (χ1v) is 7.72. The van der Waals surface area contributed by atoms with E-state index < -0.39 is 0 Å². The van der Waals surface area contributed by atoms with Gasteiger partial charge in [-0.3, -0.25) is 14.4 Å². The van der Waals surface area contributed by atoms with Crippen molar-refractivity contribution < 1.29 is 19.1 Å². The van der Waals surface area contributed by atoms with E-state index in [9.17, 15) is 14.4 Å². The minimum absolute atomic E-state index is 0.00515. The topological polar surface area (TPSA) is 87.7 Å². The minimum Gasteiger partial charge on any atom is -0.378 e. The highest BCUT2D eigenvalue weighted by molar-refractivity contribution is 5.93. The fourth-order valence-electron chi connectivity index (χ4n) is 1.86. The molecule has 0 saturated carbocycles. The molecule has 7 heteroatoms. The molecular formula is C16H25N3O4. The van der Waals surface area contributed by atoms with Crippen LogP contribution in [-0.2, 0) is 19.1 Å². The zero-order chi connectivity index (χ0) is 17.2. The fourth-order valence-corrected chi connectivity index (χ4v) is 1.86. The molecule has 3 amide bonds. The molecular weight excluding hydrogens is 298 g/mol. The van der Waals surface area contributed by atoms with Crippen LogP contribution in [0.4, 0.5) is 0 Å². The molecule has 7 nitrogen and oxygen atoms in total. The van der Waals surface area contributed by atoms with Crippen molar-refractivity contribution in [3.8, 4) is 0 Å². The molecule has 0 atom stereocenters. The summed E-state index contributed by atoms with van der Waals surface area (Å²) in [7, 11) is 0. The second kappa shape index (κ2) is 9.78. The lowest BCUT2D eigenvalue weighted by molar-refractivity contribution is -0.125. The van der Waals surface area contributed by atoms with Gasteiger partial charge in [0.2, 0.25) is 11.8 Å². The van der Waals surface area contributed by atoms with E-state index in [-0.39, 0.29) is 30.1 Å². The first kappa shape index (κ1) is 18.9. The Morgan fingerprint density at radius 1 is 1.22 bits per heavy atom. The highest BCUT2D eigenvalue weighted by Gasteiger charge is 2.18. The summed E-state index contributed by atoms with van der Waals surface area (Å²) in [6.45, 7) is 9.33. The number of allylic oxidation sites excluding steroid dienone is 1. The normalized spacial score (nSPS) is 13.8. The van der Waals surface area contributed by atoms with Crippen LogP contribution in [0.1, 0.15) is 20.3 Å². The summed E-state index contributed by atoms with van der Waals surface area (Å²) >= 11 is 0. The number of rotatable bonds is 10. The van der Waals surface area contributed by atoms with Gasteiger partial charge in [0.25, 0.3) is 5.91 Å². The zero-order valence-corrected chi connectivity index (χ0v) is 13.8. The summed E-state index contributed by atoms with van der Waals surface area (Å²) in [4.78, 5) is 35.9. The second-order valence-corrected chi connectivity index (χ2v) is 5.47. The predicted molar refractivity (Wildman–Crippen MR) is 86.3 cm³/mol. The van der Waals surface area contributed by atoms with Crippen LogP contribution in [0.5, 0.6) is 0 Å². The summed E-state index contributed by atoms with van der Waals surface area (Å²) in [5, 5.41) is 5.45. The monoisotopic (exact) mass is 323 g/mol. The summed E-state index contributed by atoms with van der Waals surface area (Å²) in [5.74, 6) is -0.332. The molecule has 1 heterocycles. The van der Waals surface area contributed by atoms with Gasteiger partial charge in [-0.05, 0) is 6.08 Å². The van der Waals surface area contributed by atoms with Crippen LogP contribution >= 0.6 is 0 Å². The van der Waals surface area contributed by atoms with Crippen molar-refractivity contribution in [2.45, 2.75) is 20.3 Å². The lowest BCUT2D eigenvalue weighted by Gasteiger charge is -2.16. The number of hydrogen-bond donors (Lipinski definition) is 2. The highest BCUT2D eigenvalue weighted by atomic mass is 16.5. The van der Waals surface area contributed by atoms with Gasteiger partial charge < -0.3 is 20.3 Å². The van der Waals surface area contributed by atoms with E-state index in [1.165, 1.54) is 11.0 Å². The Morgan fingerprint density at radius 2 is 1.87 bits per heavy atom. The van der Waals surface area contributed by atoms with Crippen LogP contribution in [0.3, 0.4) is 0 Å². The summed E-state index contributed by atoms with van der Waals surface area (Å²) < 4.78 is 5.31. The van der Waals surface area contributed by atoms with Gasteiger partial charge in [0.05, 0.1) is 13.2 Å². The van der Waals surface area contributed by atoms with E-state index in [0.29, 0.717) is 38.5 Å². The van der Waals surface area contributed by atoms with Gasteiger partial charge in [0.1, 0.15) is 0 Å². The molecule has 23 heavy (non-hydrogen) atoms. The number of ether oxygens (including phenoxy) is 1. The Hall–Kier alpha value is -2.15. The van der Waals surface area contributed by atoms with Crippen LogP contribution in [0.2, 0.25) is 0 Å². The number of hydrogen-bond acceptors (Lipinski definition) is 4. The van der Waals surface area contributed by atoms with E-state index in [0.717, 1.165) is 0 Å². The first-order valence-electron chi connectivity index (χ1n) is 7.72. The van der Waals surface area contributed by atoms with E-state index in [1.54, 1.807) is 6.08 Å². The molecule has 128 valence electrons.